The molecule has 2 aromatic carbocycles. The van der Waals surface area contributed by atoms with Crippen molar-refractivity contribution in [2.24, 2.45) is 0 Å². The van der Waals surface area contributed by atoms with Crippen LogP contribution in [0.25, 0.3) is 0 Å². The topological polar surface area (TPSA) is 81.7 Å². The van der Waals surface area contributed by atoms with Gasteiger partial charge in [0.25, 0.3) is 0 Å². The van der Waals surface area contributed by atoms with Crippen molar-refractivity contribution in [1.29, 1.82) is 0 Å². The maximum Gasteiger partial charge on any atom is 0.225 e. The molecule has 0 saturated carbocycles. The number of carbonyl (C=O) groups excluding carboxylic acids is 1. The Bertz CT molecular complexity index is 1260. The van der Waals surface area contributed by atoms with Gasteiger partial charge >= 0.3 is 0 Å². The number of ether oxygens (including phenoxy) is 2. The first-order valence-corrected chi connectivity index (χ1v) is 12.6. The molecule has 1 N–H and O–H groups in total. The predicted octanol–water partition coefficient (Wildman–Crippen LogP) is 5.16. The highest BCUT2D eigenvalue weighted by Gasteiger charge is 2.34. The lowest BCUT2D eigenvalue weighted by molar-refractivity contribution is -0.116. The number of thiophene rings is 1. The molecule has 0 unspecified atom stereocenters. The van der Waals surface area contributed by atoms with Crippen molar-refractivity contribution >= 4 is 32.8 Å². The second-order valence-electron chi connectivity index (χ2n) is 8.04. The average molecular weight is 472 g/mol. The van der Waals surface area contributed by atoms with Crippen LogP contribution in [0.1, 0.15) is 42.2 Å². The van der Waals surface area contributed by atoms with E-state index in [1.165, 1.54) is 11.3 Å². The third-order valence-corrected chi connectivity index (χ3v) is 8.37. The Morgan fingerprint density at radius 3 is 2.47 bits per heavy atom. The van der Waals surface area contributed by atoms with Crippen LogP contribution in [0.4, 0.5) is 5.69 Å². The summed E-state index contributed by atoms with van der Waals surface area (Å²) < 4.78 is 37.9. The first-order valence-electron chi connectivity index (χ1n) is 10.3. The van der Waals surface area contributed by atoms with Gasteiger partial charge in [-0.1, -0.05) is 23.8 Å². The summed E-state index contributed by atoms with van der Waals surface area (Å²) in [6.07, 6.45) is 0.221. The van der Waals surface area contributed by atoms with Crippen molar-refractivity contribution in [3.8, 4) is 11.5 Å². The molecule has 0 bridgehead atoms. The van der Waals surface area contributed by atoms with E-state index in [1.807, 2.05) is 39.0 Å². The summed E-state index contributed by atoms with van der Waals surface area (Å²) in [4.78, 5) is 13.7. The Morgan fingerprint density at radius 2 is 1.81 bits per heavy atom. The molecule has 1 amide bonds. The molecule has 168 valence electrons. The van der Waals surface area contributed by atoms with Crippen LogP contribution in [-0.4, -0.2) is 27.5 Å². The van der Waals surface area contributed by atoms with E-state index in [0.29, 0.717) is 17.2 Å². The lowest BCUT2D eigenvalue weighted by atomic mass is 9.90. The minimum absolute atomic E-state index is 0.00588. The van der Waals surface area contributed by atoms with Gasteiger partial charge in [0, 0.05) is 22.6 Å². The number of benzene rings is 2. The lowest BCUT2D eigenvalue weighted by Gasteiger charge is -2.24. The smallest absolute Gasteiger partial charge is 0.225 e. The molecule has 3 aromatic rings. The summed E-state index contributed by atoms with van der Waals surface area (Å²) in [5.74, 6) is 0.712. The fourth-order valence-corrected chi connectivity index (χ4v) is 6.68. The van der Waals surface area contributed by atoms with Crippen LogP contribution in [-0.2, 0) is 14.6 Å². The second-order valence-corrected chi connectivity index (χ2v) is 10.9. The molecule has 4 rings (SSSR count). The van der Waals surface area contributed by atoms with Gasteiger partial charge in [-0.2, -0.15) is 0 Å². The van der Waals surface area contributed by atoms with Gasteiger partial charge in [-0.3, -0.25) is 4.79 Å². The van der Waals surface area contributed by atoms with Crippen molar-refractivity contribution in [3.05, 3.63) is 63.8 Å². The molecule has 1 atom stereocenters. The maximum atomic E-state index is 13.3. The van der Waals surface area contributed by atoms with E-state index in [-0.39, 0.29) is 34.1 Å². The molecule has 0 fully saturated rings. The van der Waals surface area contributed by atoms with Crippen LogP contribution in [0.2, 0.25) is 0 Å². The van der Waals surface area contributed by atoms with Gasteiger partial charge in [-0.25, -0.2) is 8.42 Å². The number of hydrogen-bond donors (Lipinski definition) is 1. The number of methoxy groups -OCH3 is 1. The third-order valence-electron chi connectivity index (χ3n) is 5.33. The summed E-state index contributed by atoms with van der Waals surface area (Å²) in [5.41, 5.74) is 2.22. The third kappa shape index (κ3) is 4.12. The molecular weight excluding hydrogens is 446 g/mol. The largest absolute Gasteiger partial charge is 0.493 e. The normalized spacial score (nSPS) is 15.9. The fraction of sp³-hybridized carbons (Fsp3) is 0.292. The highest BCUT2D eigenvalue weighted by atomic mass is 32.2. The van der Waals surface area contributed by atoms with Crippen LogP contribution >= 0.6 is 11.3 Å². The molecule has 1 aromatic heterocycles. The van der Waals surface area contributed by atoms with Crippen molar-refractivity contribution in [2.75, 3.05) is 12.4 Å². The average Bonchev–Trinajstić information content (AvgIpc) is 3.18. The Labute approximate surface area is 192 Å². The SMILES string of the molecule is COc1cc([C@@H]2CC(=O)Nc3c(S(=O)(=O)c4ccc(C)cc4)csc32)ccc1OC(C)C. The maximum absolute atomic E-state index is 13.3. The summed E-state index contributed by atoms with van der Waals surface area (Å²) in [5, 5.41) is 4.41. The van der Waals surface area contributed by atoms with E-state index in [4.69, 9.17) is 9.47 Å². The molecule has 32 heavy (non-hydrogen) atoms. The fourth-order valence-electron chi connectivity index (χ4n) is 3.77. The van der Waals surface area contributed by atoms with Gasteiger partial charge < -0.3 is 14.8 Å². The van der Waals surface area contributed by atoms with Gasteiger partial charge in [-0.15, -0.1) is 11.3 Å². The van der Waals surface area contributed by atoms with E-state index in [2.05, 4.69) is 5.32 Å². The Balaban J connectivity index is 1.77. The quantitative estimate of drug-likeness (QED) is 0.537. The van der Waals surface area contributed by atoms with Gasteiger partial charge in [0.05, 0.1) is 23.8 Å². The number of aryl methyl sites for hydroxylation is 1. The van der Waals surface area contributed by atoms with Crippen molar-refractivity contribution in [1.82, 2.24) is 0 Å². The highest BCUT2D eigenvalue weighted by molar-refractivity contribution is 7.91. The van der Waals surface area contributed by atoms with Crippen molar-refractivity contribution < 1.29 is 22.7 Å². The first kappa shape index (κ1) is 22.4. The molecule has 6 nitrogen and oxygen atoms in total. The monoisotopic (exact) mass is 471 g/mol. The Hall–Kier alpha value is -2.84. The van der Waals surface area contributed by atoms with Crippen LogP contribution in [0.3, 0.4) is 0 Å². The van der Waals surface area contributed by atoms with E-state index in [0.717, 1.165) is 16.0 Å². The molecule has 0 spiro atoms. The summed E-state index contributed by atoms with van der Waals surface area (Å²) >= 11 is 1.34. The number of rotatable bonds is 6. The van der Waals surface area contributed by atoms with Crippen LogP contribution in [0, 0.1) is 6.92 Å². The first-order chi connectivity index (χ1) is 15.2. The second kappa shape index (κ2) is 8.60. The zero-order valence-corrected chi connectivity index (χ0v) is 20.0. The number of fused-ring (bicyclic) bond motifs is 1. The van der Waals surface area contributed by atoms with E-state index in [1.54, 1.807) is 36.8 Å². The summed E-state index contributed by atoms with van der Waals surface area (Å²) in [6.45, 7) is 5.78. The molecule has 1 aliphatic rings. The summed E-state index contributed by atoms with van der Waals surface area (Å²) in [7, 11) is -2.19. The molecule has 2 heterocycles. The molecule has 0 saturated heterocycles. The van der Waals surface area contributed by atoms with Gasteiger partial charge in [0.1, 0.15) is 4.90 Å². The molecule has 0 aliphatic carbocycles. The number of anilines is 1. The van der Waals surface area contributed by atoms with Crippen molar-refractivity contribution in [2.45, 2.75) is 49.0 Å². The number of carbonyl (C=O) groups is 1. The van der Waals surface area contributed by atoms with Gasteiger partial charge in [0.15, 0.2) is 11.5 Å². The zero-order chi connectivity index (χ0) is 23.0. The molecular formula is C24H25NO5S2. The minimum Gasteiger partial charge on any atom is -0.493 e. The number of nitrogens with one attached hydrogen (secondary N) is 1. The van der Waals surface area contributed by atoms with Crippen molar-refractivity contribution in [3.63, 3.8) is 0 Å². The lowest BCUT2D eigenvalue weighted by Crippen LogP contribution is -2.23. The number of sulfone groups is 1. The Kier molecular flexibility index (Phi) is 6.01. The number of amides is 1. The van der Waals surface area contributed by atoms with Gasteiger partial charge in [0.2, 0.25) is 15.7 Å². The molecule has 8 heteroatoms. The van der Waals surface area contributed by atoms with E-state index in [9.17, 15) is 13.2 Å². The zero-order valence-electron chi connectivity index (χ0n) is 18.3. The molecule has 1 aliphatic heterocycles. The highest BCUT2D eigenvalue weighted by Crippen LogP contribution is 2.47. The Morgan fingerprint density at radius 1 is 1.09 bits per heavy atom. The van der Waals surface area contributed by atoms with E-state index >= 15 is 0 Å². The molecule has 0 radical (unpaired) electrons. The minimum atomic E-state index is -3.76. The predicted molar refractivity (Wildman–Crippen MR) is 125 cm³/mol. The van der Waals surface area contributed by atoms with E-state index < -0.39 is 9.84 Å². The standard InChI is InChI=1S/C24H25NO5S2/c1-14(2)30-19-10-7-16(11-20(19)29-4)18-12-22(26)25-23-21(13-31-24(18)23)32(27,28)17-8-5-15(3)6-9-17/h5-11,13-14,18H,12H2,1-4H3,(H,25,26)/t18-/m0/s1. The number of hydrogen-bond acceptors (Lipinski definition) is 6. The van der Waals surface area contributed by atoms with Crippen LogP contribution < -0.4 is 14.8 Å². The van der Waals surface area contributed by atoms with Gasteiger partial charge in [-0.05, 0) is 50.6 Å². The summed E-state index contributed by atoms with van der Waals surface area (Å²) in [6, 6.07) is 12.3. The van der Waals surface area contributed by atoms with Crippen LogP contribution in [0.15, 0.2) is 57.6 Å². The van der Waals surface area contributed by atoms with Crippen LogP contribution in [0.5, 0.6) is 11.5 Å².